The Balaban J connectivity index is 1.62. The third-order valence-corrected chi connectivity index (χ3v) is 4.55. The zero-order valence-electron chi connectivity index (χ0n) is 12.9. The van der Waals surface area contributed by atoms with Crippen LogP contribution in [0.5, 0.6) is 5.75 Å². The van der Waals surface area contributed by atoms with Crippen LogP contribution in [0.4, 0.5) is 5.82 Å². The van der Waals surface area contributed by atoms with Gasteiger partial charge in [0.2, 0.25) is 0 Å². The van der Waals surface area contributed by atoms with Crippen molar-refractivity contribution in [2.24, 2.45) is 0 Å². The van der Waals surface area contributed by atoms with Crippen molar-refractivity contribution in [3.8, 4) is 17.0 Å². The largest absolute Gasteiger partial charge is 0.492 e. The first-order chi connectivity index (χ1) is 11.8. The number of nitrogens with one attached hydrogen (secondary N) is 1. The van der Waals surface area contributed by atoms with E-state index < -0.39 is 0 Å². The van der Waals surface area contributed by atoms with E-state index in [1.165, 1.54) is 5.56 Å². The number of fused-ring (bicyclic) bond motifs is 1. The van der Waals surface area contributed by atoms with E-state index in [1.807, 2.05) is 24.3 Å². The summed E-state index contributed by atoms with van der Waals surface area (Å²) in [6.45, 7) is 0.608. The Morgan fingerprint density at radius 2 is 2.12 bits per heavy atom. The van der Waals surface area contributed by atoms with Crippen LogP contribution < -0.4 is 10.5 Å². The molecule has 0 fully saturated rings. The molecule has 4 aromatic rings. The predicted molar refractivity (Wildman–Crippen MR) is 97.3 cm³/mol. The molecule has 5 nitrogen and oxygen atoms in total. The van der Waals surface area contributed by atoms with Crippen LogP contribution in [0.1, 0.15) is 5.56 Å². The second-order valence-corrected chi connectivity index (χ2v) is 6.25. The lowest BCUT2D eigenvalue weighted by atomic mass is 10.1. The van der Waals surface area contributed by atoms with Gasteiger partial charge in [-0.3, -0.25) is 5.10 Å². The highest BCUT2D eigenvalue weighted by molar-refractivity contribution is 7.07. The van der Waals surface area contributed by atoms with Crippen LogP contribution >= 0.6 is 11.3 Å². The zero-order chi connectivity index (χ0) is 16.4. The minimum Gasteiger partial charge on any atom is -0.492 e. The number of aromatic amines is 1. The first kappa shape index (κ1) is 14.7. The summed E-state index contributed by atoms with van der Waals surface area (Å²) in [5, 5.41) is 12.2. The number of nitrogens with two attached hydrogens (primary N) is 1. The van der Waals surface area contributed by atoms with Crippen molar-refractivity contribution in [3.63, 3.8) is 0 Å². The second kappa shape index (κ2) is 6.33. The van der Waals surface area contributed by atoms with Crippen molar-refractivity contribution in [2.75, 3.05) is 12.3 Å². The Kier molecular flexibility index (Phi) is 3.88. The van der Waals surface area contributed by atoms with E-state index in [1.54, 1.807) is 23.6 Å². The van der Waals surface area contributed by atoms with Gasteiger partial charge in [-0.15, -0.1) is 0 Å². The van der Waals surface area contributed by atoms with Crippen LogP contribution in [-0.2, 0) is 6.42 Å². The minimum atomic E-state index is 0.451. The molecule has 4 rings (SSSR count). The maximum atomic E-state index is 5.97. The third-order valence-electron chi connectivity index (χ3n) is 3.82. The topological polar surface area (TPSA) is 76.8 Å². The van der Waals surface area contributed by atoms with Crippen molar-refractivity contribution in [1.29, 1.82) is 0 Å². The number of H-pyrrole nitrogens is 1. The summed E-state index contributed by atoms with van der Waals surface area (Å²) in [5.41, 5.74) is 9.91. The number of anilines is 1. The molecule has 6 heteroatoms. The fourth-order valence-corrected chi connectivity index (χ4v) is 3.33. The zero-order valence-corrected chi connectivity index (χ0v) is 13.7. The highest BCUT2D eigenvalue weighted by Crippen LogP contribution is 2.30. The second-order valence-electron chi connectivity index (χ2n) is 5.47. The number of rotatable bonds is 5. The SMILES string of the molecule is Nc1cc(OCCc2ccsc2)c2ccc(-c3cc[nH]n3)cc2n1. The molecule has 0 bridgehead atoms. The van der Waals surface area contributed by atoms with Gasteiger partial charge in [-0.2, -0.15) is 16.4 Å². The van der Waals surface area contributed by atoms with Gasteiger partial charge in [-0.05, 0) is 40.6 Å². The van der Waals surface area contributed by atoms with Crippen molar-refractivity contribution < 1.29 is 4.74 Å². The van der Waals surface area contributed by atoms with Crippen LogP contribution in [0.2, 0.25) is 0 Å². The summed E-state index contributed by atoms with van der Waals surface area (Å²) in [6, 6.07) is 11.8. The van der Waals surface area contributed by atoms with Gasteiger partial charge in [0.15, 0.2) is 0 Å². The molecule has 0 aliphatic carbocycles. The molecular formula is C18H16N4OS. The number of thiophene rings is 1. The number of benzene rings is 1. The van der Waals surface area contributed by atoms with Crippen LogP contribution in [0.3, 0.4) is 0 Å². The lowest BCUT2D eigenvalue weighted by Crippen LogP contribution is -2.02. The Bertz CT molecular complexity index is 949. The molecule has 24 heavy (non-hydrogen) atoms. The van der Waals surface area contributed by atoms with E-state index in [-0.39, 0.29) is 0 Å². The summed E-state index contributed by atoms with van der Waals surface area (Å²) in [4.78, 5) is 4.43. The van der Waals surface area contributed by atoms with Gasteiger partial charge in [-0.25, -0.2) is 4.98 Å². The standard InChI is InChI=1S/C18H16N4OS/c19-18-10-17(23-7-4-12-5-8-24-11-12)14-2-1-13(9-16(14)21-18)15-3-6-20-22-15/h1-3,5-6,8-11H,4,7H2,(H2,19,21)(H,20,22). The molecule has 1 aromatic carbocycles. The van der Waals surface area contributed by atoms with Crippen LogP contribution in [0, 0.1) is 0 Å². The van der Waals surface area contributed by atoms with Crippen molar-refractivity contribution in [1.82, 2.24) is 15.2 Å². The molecule has 120 valence electrons. The number of hydrogen-bond acceptors (Lipinski definition) is 5. The molecule has 0 amide bonds. The summed E-state index contributed by atoms with van der Waals surface area (Å²) >= 11 is 1.70. The smallest absolute Gasteiger partial charge is 0.132 e. The van der Waals surface area contributed by atoms with Crippen LogP contribution in [0.25, 0.3) is 22.2 Å². The number of aromatic nitrogens is 3. The summed E-state index contributed by atoms with van der Waals surface area (Å²) in [7, 11) is 0. The molecule has 0 saturated carbocycles. The molecule has 0 aliphatic rings. The highest BCUT2D eigenvalue weighted by Gasteiger charge is 2.09. The predicted octanol–water partition coefficient (Wildman–Crippen LogP) is 3.89. The van der Waals surface area contributed by atoms with Crippen LogP contribution in [0.15, 0.2) is 53.4 Å². The van der Waals surface area contributed by atoms with Gasteiger partial charge >= 0.3 is 0 Å². The fraction of sp³-hybridized carbons (Fsp3) is 0.111. The Morgan fingerprint density at radius 3 is 2.92 bits per heavy atom. The van der Waals surface area contributed by atoms with E-state index in [0.717, 1.165) is 34.3 Å². The first-order valence-corrected chi connectivity index (χ1v) is 8.58. The van der Waals surface area contributed by atoms with E-state index in [4.69, 9.17) is 10.5 Å². The van der Waals surface area contributed by atoms with Gasteiger partial charge in [0.05, 0.1) is 17.8 Å². The summed E-state index contributed by atoms with van der Waals surface area (Å²) in [6.07, 6.45) is 2.67. The lowest BCUT2D eigenvalue weighted by Gasteiger charge is -2.10. The maximum absolute atomic E-state index is 5.97. The number of hydrogen-bond donors (Lipinski definition) is 2. The van der Waals surface area contributed by atoms with Crippen LogP contribution in [-0.4, -0.2) is 21.8 Å². The average Bonchev–Trinajstić information content (AvgIpc) is 3.28. The van der Waals surface area contributed by atoms with Gasteiger partial charge in [0, 0.05) is 29.6 Å². The average molecular weight is 336 g/mol. The fourth-order valence-electron chi connectivity index (χ4n) is 2.63. The Labute approximate surface area is 143 Å². The molecule has 0 unspecified atom stereocenters. The third kappa shape index (κ3) is 2.96. The normalized spacial score (nSPS) is 11.0. The van der Waals surface area contributed by atoms with Crippen molar-refractivity contribution in [3.05, 3.63) is 58.9 Å². The molecular weight excluding hydrogens is 320 g/mol. The molecule has 0 aliphatic heterocycles. The van der Waals surface area contributed by atoms with E-state index in [2.05, 4.69) is 32.0 Å². The number of nitrogens with zero attached hydrogens (tertiary/aromatic N) is 2. The minimum absolute atomic E-state index is 0.451. The molecule has 0 spiro atoms. The molecule has 3 N–H and O–H groups in total. The quantitative estimate of drug-likeness (QED) is 0.579. The first-order valence-electron chi connectivity index (χ1n) is 7.64. The molecule has 3 heterocycles. The summed E-state index contributed by atoms with van der Waals surface area (Å²) in [5.74, 6) is 1.22. The maximum Gasteiger partial charge on any atom is 0.132 e. The Hall–Kier alpha value is -2.86. The van der Waals surface area contributed by atoms with E-state index in [9.17, 15) is 0 Å². The van der Waals surface area contributed by atoms with Crippen molar-refractivity contribution >= 4 is 28.1 Å². The van der Waals surface area contributed by atoms with Gasteiger partial charge < -0.3 is 10.5 Å². The molecule has 3 aromatic heterocycles. The highest BCUT2D eigenvalue weighted by atomic mass is 32.1. The number of pyridine rings is 1. The molecule has 0 saturated heterocycles. The van der Waals surface area contributed by atoms with E-state index >= 15 is 0 Å². The number of ether oxygens (including phenoxy) is 1. The van der Waals surface area contributed by atoms with Gasteiger partial charge in [0.1, 0.15) is 11.6 Å². The number of nitrogen functional groups attached to an aromatic ring is 1. The summed E-state index contributed by atoms with van der Waals surface area (Å²) < 4.78 is 5.97. The lowest BCUT2D eigenvalue weighted by molar-refractivity contribution is 0.326. The molecule has 0 radical (unpaired) electrons. The molecule has 0 atom stereocenters. The van der Waals surface area contributed by atoms with Crippen molar-refractivity contribution in [2.45, 2.75) is 6.42 Å². The van der Waals surface area contributed by atoms with Gasteiger partial charge in [-0.1, -0.05) is 6.07 Å². The monoisotopic (exact) mass is 336 g/mol. The van der Waals surface area contributed by atoms with Gasteiger partial charge in [0.25, 0.3) is 0 Å². The Morgan fingerprint density at radius 1 is 1.17 bits per heavy atom. The van der Waals surface area contributed by atoms with E-state index in [0.29, 0.717) is 12.4 Å².